The molecule has 6 rings (SSSR count). The predicted molar refractivity (Wildman–Crippen MR) is 154 cm³/mol. The molecule has 0 unspecified atom stereocenters. The largest absolute Gasteiger partial charge is 0.489 e. The number of carbonyl (C=O) groups is 1. The molecule has 42 heavy (non-hydrogen) atoms. The molecule has 0 aliphatic carbocycles. The first-order valence-corrected chi connectivity index (χ1v) is 14.2. The number of fused-ring (bicyclic) bond motifs is 2. The average Bonchev–Trinajstić information content (AvgIpc) is 3.50. The zero-order valence-corrected chi connectivity index (χ0v) is 24.4. The van der Waals surface area contributed by atoms with Crippen molar-refractivity contribution in [1.82, 2.24) is 24.4 Å². The van der Waals surface area contributed by atoms with Crippen molar-refractivity contribution in [3.8, 4) is 17.2 Å². The molecule has 0 amide bonds. The number of hydrogen-bond acceptors (Lipinski definition) is 9. The Morgan fingerprint density at radius 2 is 1.98 bits per heavy atom. The van der Waals surface area contributed by atoms with Gasteiger partial charge in [0.05, 0.1) is 18.2 Å². The van der Waals surface area contributed by atoms with E-state index in [1.807, 2.05) is 36.7 Å². The number of halogens is 1. The molecule has 4 aromatic rings. The third-order valence-corrected chi connectivity index (χ3v) is 8.07. The standard InChI is InChI=1S/C30H32ClN5O6/c1-30(24-8-7-19(31)16-32-24)41-22-6-4-5-20(27(22)42-30)18-9-11-36(12-10-18)17-25-34-26-23(40-14-13-39-3)15-21(29(37)38)33-28(26)35(25)2/h4-8,15-16,18H,9-14,17H2,1-3H3,(H,37,38)/t30-/m0/s1. The number of rotatable bonds is 9. The van der Waals surface area contributed by atoms with Gasteiger partial charge in [-0.2, -0.15) is 0 Å². The van der Waals surface area contributed by atoms with Crippen molar-refractivity contribution in [3.63, 3.8) is 0 Å². The molecule has 1 saturated heterocycles. The molecule has 2 aliphatic rings. The summed E-state index contributed by atoms with van der Waals surface area (Å²) in [5.74, 6) is 0.822. The van der Waals surface area contributed by atoms with Gasteiger partial charge in [0.15, 0.2) is 28.6 Å². The van der Waals surface area contributed by atoms with Gasteiger partial charge in [-0.25, -0.2) is 14.8 Å². The van der Waals surface area contributed by atoms with Crippen molar-refractivity contribution in [2.75, 3.05) is 33.4 Å². The molecular weight excluding hydrogens is 562 g/mol. The lowest BCUT2D eigenvalue weighted by Crippen LogP contribution is -2.34. The van der Waals surface area contributed by atoms with Crippen LogP contribution in [0.25, 0.3) is 11.2 Å². The summed E-state index contributed by atoms with van der Waals surface area (Å²) in [7, 11) is 3.43. The molecule has 11 nitrogen and oxygen atoms in total. The number of pyridine rings is 2. The van der Waals surface area contributed by atoms with Gasteiger partial charge in [0.25, 0.3) is 5.79 Å². The molecule has 1 aromatic carbocycles. The summed E-state index contributed by atoms with van der Waals surface area (Å²) < 4.78 is 25.4. The predicted octanol–water partition coefficient (Wildman–Crippen LogP) is 4.76. The quantitative estimate of drug-likeness (QED) is 0.272. The van der Waals surface area contributed by atoms with Crippen LogP contribution in [0.3, 0.4) is 0 Å². The zero-order chi connectivity index (χ0) is 29.4. The van der Waals surface area contributed by atoms with Gasteiger partial charge in [0.2, 0.25) is 0 Å². The summed E-state index contributed by atoms with van der Waals surface area (Å²) >= 11 is 6.03. The van der Waals surface area contributed by atoms with Crippen molar-refractivity contribution >= 4 is 28.7 Å². The van der Waals surface area contributed by atoms with Crippen LogP contribution in [0.4, 0.5) is 0 Å². The number of imidazole rings is 1. The normalized spacial score (nSPS) is 19.0. The van der Waals surface area contributed by atoms with Crippen LogP contribution in [0.1, 0.15) is 53.3 Å². The monoisotopic (exact) mass is 593 g/mol. The van der Waals surface area contributed by atoms with Crippen LogP contribution in [0, 0.1) is 0 Å². The number of benzene rings is 1. The first kappa shape index (κ1) is 28.2. The Bertz CT molecular complexity index is 1620. The highest BCUT2D eigenvalue weighted by molar-refractivity contribution is 6.30. The molecule has 12 heteroatoms. The second kappa shape index (κ2) is 11.4. The summed E-state index contributed by atoms with van der Waals surface area (Å²) in [5, 5.41) is 10.1. The first-order chi connectivity index (χ1) is 20.3. The second-order valence-electron chi connectivity index (χ2n) is 10.6. The van der Waals surface area contributed by atoms with E-state index in [-0.39, 0.29) is 12.3 Å². The molecule has 0 saturated carbocycles. The van der Waals surface area contributed by atoms with E-state index < -0.39 is 11.8 Å². The SMILES string of the molecule is COCCOc1cc(C(=O)O)nc2c1nc(CN1CCC(c3cccc4c3O[C@@](C)(c3ccc(Cl)cn3)O4)CC1)n2C. The van der Waals surface area contributed by atoms with E-state index in [2.05, 4.69) is 20.9 Å². The highest BCUT2D eigenvalue weighted by Gasteiger charge is 2.42. The molecular formula is C30H32ClN5O6. The van der Waals surface area contributed by atoms with Crippen molar-refractivity contribution in [2.45, 2.75) is 38.0 Å². The van der Waals surface area contributed by atoms with Gasteiger partial charge in [0.1, 0.15) is 23.6 Å². The van der Waals surface area contributed by atoms with E-state index in [9.17, 15) is 9.90 Å². The number of ether oxygens (including phenoxy) is 4. The Balaban J connectivity index is 1.16. The van der Waals surface area contributed by atoms with E-state index in [4.69, 9.17) is 35.5 Å². The fourth-order valence-corrected chi connectivity index (χ4v) is 5.70. The minimum absolute atomic E-state index is 0.0881. The Labute approximate surface area is 248 Å². The molecule has 1 atom stereocenters. The van der Waals surface area contributed by atoms with E-state index in [0.717, 1.165) is 43.1 Å². The fourth-order valence-electron chi connectivity index (χ4n) is 5.58. The van der Waals surface area contributed by atoms with Gasteiger partial charge in [-0.1, -0.05) is 23.7 Å². The molecule has 1 N–H and O–H groups in total. The minimum atomic E-state index is -1.12. The Morgan fingerprint density at radius 1 is 1.17 bits per heavy atom. The van der Waals surface area contributed by atoms with Gasteiger partial charge in [0, 0.05) is 38.9 Å². The Kier molecular flexibility index (Phi) is 7.65. The number of piperidine rings is 1. The molecule has 0 bridgehead atoms. The highest BCUT2D eigenvalue weighted by atomic mass is 35.5. The Morgan fingerprint density at radius 3 is 2.69 bits per heavy atom. The van der Waals surface area contributed by atoms with Crippen molar-refractivity contribution in [1.29, 1.82) is 0 Å². The van der Waals surface area contributed by atoms with Crippen molar-refractivity contribution in [3.05, 3.63) is 70.4 Å². The topological polar surface area (TPSA) is 121 Å². The van der Waals surface area contributed by atoms with Crippen LogP contribution in [0.2, 0.25) is 5.02 Å². The van der Waals surface area contributed by atoms with Gasteiger partial charge >= 0.3 is 5.97 Å². The molecule has 2 aliphatic heterocycles. The van der Waals surface area contributed by atoms with Crippen LogP contribution in [0.5, 0.6) is 17.2 Å². The third-order valence-electron chi connectivity index (χ3n) is 7.85. The maximum absolute atomic E-state index is 11.7. The van der Waals surface area contributed by atoms with Gasteiger partial charge in [-0.3, -0.25) is 9.88 Å². The van der Waals surface area contributed by atoms with Crippen LogP contribution in [0.15, 0.2) is 42.6 Å². The molecule has 220 valence electrons. The lowest BCUT2D eigenvalue weighted by molar-refractivity contribution is -0.0722. The lowest BCUT2D eigenvalue weighted by atomic mass is 9.88. The highest BCUT2D eigenvalue weighted by Crippen LogP contribution is 2.49. The second-order valence-corrected chi connectivity index (χ2v) is 11.1. The number of nitrogens with zero attached hydrogens (tertiary/aromatic N) is 5. The molecule has 1 fully saturated rings. The van der Waals surface area contributed by atoms with Crippen LogP contribution < -0.4 is 14.2 Å². The average molecular weight is 594 g/mol. The van der Waals surface area contributed by atoms with Crippen LogP contribution >= 0.6 is 11.6 Å². The van der Waals surface area contributed by atoms with E-state index >= 15 is 0 Å². The molecule has 5 heterocycles. The van der Waals surface area contributed by atoms with Gasteiger partial charge in [-0.05, 0) is 50.0 Å². The van der Waals surface area contributed by atoms with Crippen molar-refractivity contribution < 1.29 is 28.8 Å². The van der Waals surface area contributed by atoms with E-state index in [1.165, 1.54) is 6.07 Å². The van der Waals surface area contributed by atoms with Gasteiger partial charge < -0.3 is 28.6 Å². The zero-order valence-electron chi connectivity index (χ0n) is 23.7. The Hall–Kier alpha value is -3.93. The van der Waals surface area contributed by atoms with Crippen LogP contribution in [-0.4, -0.2) is 68.9 Å². The number of likely N-dealkylation sites (tertiary alicyclic amines) is 1. The van der Waals surface area contributed by atoms with E-state index in [0.29, 0.717) is 52.4 Å². The molecule has 0 spiro atoms. The number of carboxylic acid groups (broad SMARTS) is 1. The summed E-state index contributed by atoms with van der Waals surface area (Å²) in [4.78, 5) is 27.6. The maximum Gasteiger partial charge on any atom is 0.354 e. The molecule has 3 aromatic heterocycles. The summed E-state index contributed by atoms with van der Waals surface area (Å²) in [6.07, 6.45) is 3.47. The maximum atomic E-state index is 11.7. The smallest absolute Gasteiger partial charge is 0.354 e. The van der Waals surface area contributed by atoms with Crippen LogP contribution in [-0.2, 0) is 24.1 Å². The number of hydrogen-bond donors (Lipinski definition) is 1. The summed E-state index contributed by atoms with van der Waals surface area (Å²) in [6, 6.07) is 11.1. The first-order valence-electron chi connectivity index (χ1n) is 13.8. The number of methoxy groups -OCH3 is 1. The van der Waals surface area contributed by atoms with Crippen molar-refractivity contribution in [2.24, 2.45) is 7.05 Å². The number of aromatic nitrogens is 4. The number of carboxylic acids is 1. The lowest BCUT2D eigenvalue weighted by Gasteiger charge is -2.32. The molecule has 0 radical (unpaired) electrons. The number of aromatic carboxylic acids is 1. The van der Waals surface area contributed by atoms with Gasteiger partial charge in [-0.15, -0.1) is 0 Å². The fraction of sp³-hybridized carbons (Fsp3) is 0.400. The number of aryl methyl sites for hydroxylation is 1. The summed E-state index contributed by atoms with van der Waals surface area (Å²) in [6.45, 7) is 4.85. The number of para-hydroxylation sites is 1. The third kappa shape index (κ3) is 5.35. The van der Waals surface area contributed by atoms with E-state index in [1.54, 1.807) is 19.4 Å². The minimum Gasteiger partial charge on any atom is -0.489 e. The summed E-state index contributed by atoms with van der Waals surface area (Å²) in [5.41, 5.74) is 2.72.